The van der Waals surface area contributed by atoms with Crippen LogP contribution in [0.4, 0.5) is 0 Å². The number of sulfonamides is 1. The van der Waals surface area contributed by atoms with Gasteiger partial charge in [0.25, 0.3) is 5.91 Å². The summed E-state index contributed by atoms with van der Waals surface area (Å²) in [6.07, 6.45) is 2.71. The smallest absolute Gasteiger partial charge is 0.255 e. The molecule has 0 spiro atoms. The van der Waals surface area contributed by atoms with Crippen molar-refractivity contribution in [3.8, 4) is 11.5 Å². The topological polar surface area (TPSA) is 76.2 Å². The molecule has 0 saturated carbocycles. The summed E-state index contributed by atoms with van der Waals surface area (Å²) in [6.45, 7) is 1.28. The Morgan fingerprint density at radius 2 is 1.71 bits per heavy atom. The Bertz CT molecular complexity index is 1050. The Hall–Kier alpha value is -2.29. The largest absolute Gasteiger partial charge is 0.493 e. The van der Waals surface area contributed by atoms with Crippen molar-refractivity contribution in [1.29, 1.82) is 0 Å². The van der Waals surface area contributed by atoms with Gasteiger partial charge in [0.2, 0.25) is 10.0 Å². The molecule has 1 heterocycles. The average molecular weight is 467 g/mol. The van der Waals surface area contributed by atoms with Crippen LogP contribution in [0.1, 0.15) is 35.2 Å². The summed E-state index contributed by atoms with van der Waals surface area (Å²) >= 11 is 6.27. The number of piperidine rings is 1. The van der Waals surface area contributed by atoms with Crippen LogP contribution in [0, 0.1) is 0 Å². The Labute approximate surface area is 188 Å². The zero-order valence-corrected chi connectivity index (χ0v) is 19.5. The van der Waals surface area contributed by atoms with Gasteiger partial charge in [-0.1, -0.05) is 24.1 Å². The number of hydrogen-bond acceptors (Lipinski definition) is 5. The highest BCUT2D eigenvalue weighted by Crippen LogP contribution is 2.29. The molecular formula is C22H27ClN2O5S. The van der Waals surface area contributed by atoms with Crippen LogP contribution in [0.25, 0.3) is 0 Å². The minimum Gasteiger partial charge on any atom is -0.493 e. The molecule has 2 aromatic rings. The van der Waals surface area contributed by atoms with E-state index in [4.69, 9.17) is 21.1 Å². The number of methoxy groups -OCH3 is 2. The lowest BCUT2D eigenvalue weighted by Gasteiger charge is -2.26. The highest BCUT2D eigenvalue weighted by molar-refractivity contribution is 7.89. The first-order valence-corrected chi connectivity index (χ1v) is 11.9. The van der Waals surface area contributed by atoms with Gasteiger partial charge in [-0.15, -0.1) is 0 Å². The average Bonchev–Trinajstić information content (AvgIpc) is 2.79. The van der Waals surface area contributed by atoms with Crippen molar-refractivity contribution in [2.24, 2.45) is 0 Å². The third-order valence-corrected chi connectivity index (χ3v) is 7.56. The molecule has 0 N–H and O–H groups in total. The van der Waals surface area contributed by atoms with Gasteiger partial charge in [-0.25, -0.2) is 8.42 Å². The van der Waals surface area contributed by atoms with Crippen molar-refractivity contribution in [2.45, 2.75) is 30.7 Å². The summed E-state index contributed by atoms with van der Waals surface area (Å²) in [7, 11) is 1.08. The molecule has 1 aliphatic rings. The van der Waals surface area contributed by atoms with Crippen molar-refractivity contribution >= 4 is 27.5 Å². The monoisotopic (exact) mass is 466 g/mol. The molecule has 3 rings (SSSR count). The number of ether oxygens (including phenoxy) is 2. The van der Waals surface area contributed by atoms with E-state index in [0.717, 1.165) is 24.8 Å². The summed E-state index contributed by atoms with van der Waals surface area (Å²) in [4.78, 5) is 14.7. The molecule has 0 aliphatic carbocycles. The summed E-state index contributed by atoms with van der Waals surface area (Å²) in [5, 5.41) is 0.210. The summed E-state index contributed by atoms with van der Waals surface area (Å²) in [5.74, 6) is 0.794. The fourth-order valence-electron chi connectivity index (χ4n) is 3.61. The molecule has 0 bridgehead atoms. The number of halogens is 1. The first-order chi connectivity index (χ1) is 14.8. The lowest BCUT2D eigenvalue weighted by Crippen LogP contribution is -2.35. The van der Waals surface area contributed by atoms with Crippen molar-refractivity contribution in [2.75, 3.05) is 34.4 Å². The third kappa shape index (κ3) is 5.14. The van der Waals surface area contributed by atoms with Gasteiger partial charge in [0.15, 0.2) is 11.5 Å². The van der Waals surface area contributed by atoms with Gasteiger partial charge >= 0.3 is 0 Å². The van der Waals surface area contributed by atoms with Crippen LogP contribution in [-0.4, -0.2) is 57.9 Å². The molecular weight excluding hydrogens is 440 g/mol. The lowest BCUT2D eigenvalue weighted by molar-refractivity contribution is 0.0785. The van der Waals surface area contributed by atoms with Crippen LogP contribution in [-0.2, 0) is 16.6 Å². The van der Waals surface area contributed by atoms with E-state index in [1.165, 1.54) is 27.4 Å². The van der Waals surface area contributed by atoms with E-state index < -0.39 is 10.0 Å². The molecule has 9 heteroatoms. The molecule has 7 nitrogen and oxygen atoms in total. The molecule has 1 fully saturated rings. The fourth-order valence-corrected chi connectivity index (χ4v) is 5.36. The molecule has 168 valence electrons. The van der Waals surface area contributed by atoms with Gasteiger partial charge < -0.3 is 14.4 Å². The maximum Gasteiger partial charge on any atom is 0.255 e. The Balaban J connectivity index is 1.83. The number of hydrogen-bond donors (Lipinski definition) is 0. The van der Waals surface area contributed by atoms with Gasteiger partial charge in [0, 0.05) is 26.7 Å². The number of benzene rings is 2. The summed E-state index contributed by atoms with van der Waals surface area (Å²) < 4.78 is 38.0. The predicted molar refractivity (Wildman–Crippen MR) is 119 cm³/mol. The fraction of sp³-hybridized carbons (Fsp3) is 0.409. The van der Waals surface area contributed by atoms with E-state index in [2.05, 4.69) is 0 Å². The van der Waals surface area contributed by atoms with E-state index >= 15 is 0 Å². The molecule has 1 amide bonds. The van der Waals surface area contributed by atoms with E-state index in [-0.39, 0.29) is 21.4 Å². The molecule has 0 atom stereocenters. The molecule has 1 saturated heterocycles. The summed E-state index contributed by atoms with van der Waals surface area (Å²) in [5.41, 5.74) is 0.990. The minimum absolute atomic E-state index is 0.0849. The third-order valence-electron chi connectivity index (χ3n) is 5.34. The van der Waals surface area contributed by atoms with Crippen molar-refractivity contribution in [3.05, 3.63) is 52.5 Å². The second-order valence-corrected chi connectivity index (χ2v) is 9.80. The number of amides is 1. The van der Waals surface area contributed by atoms with Crippen molar-refractivity contribution in [1.82, 2.24) is 9.21 Å². The first kappa shape index (κ1) is 23.4. The SMILES string of the molecule is COc1ccc(CN(C)C(=O)c2cc(S(=O)(=O)N3CCCCC3)ccc2Cl)cc1OC. The maximum atomic E-state index is 13.1. The Kier molecular flexibility index (Phi) is 7.46. The van der Waals surface area contributed by atoms with Crippen LogP contribution in [0.15, 0.2) is 41.3 Å². The molecule has 0 aromatic heterocycles. The second-order valence-electron chi connectivity index (χ2n) is 7.46. The van der Waals surface area contributed by atoms with Gasteiger partial charge in [0.05, 0.1) is 29.7 Å². The van der Waals surface area contributed by atoms with Crippen molar-refractivity contribution in [3.63, 3.8) is 0 Å². The molecule has 0 radical (unpaired) electrons. The van der Waals surface area contributed by atoms with Gasteiger partial charge in [-0.2, -0.15) is 4.31 Å². The molecule has 31 heavy (non-hydrogen) atoms. The minimum atomic E-state index is -3.66. The van der Waals surface area contributed by atoms with Gasteiger partial charge in [-0.3, -0.25) is 4.79 Å². The van der Waals surface area contributed by atoms with Crippen LogP contribution < -0.4 is 9.47 Å². The first-order valence-electron chi connectivity index (χ1n) is 10.0. The van der Waals surface area contributed by atoms with Crippen LogP contribution in [0.3, 0.4) is 0 Å². The van der Waals surface area contributed by atoms with Crippen molar-refractivity contribution < 1.29 is 22.7 Å². The van der Waals surface area contributed by atoms with E-state index in [1.807, 2.05) is 6.07 Å². The normalized spacial score (nSPS) is 14.8. The number of rotatable bonds is 7. The predicted octanol–water partition coefficient (Wildman–Crippen LogP) is 3.80. The highest BCUT2D eigenvalue weighted by Gasteiger charge is 2.28. The highest BCUT2D eigenvalue weighted by atomic mass is 35.5. The van der Waals surface area contributed by atoms with E-state index in [9.17, 15) is 13.2 Å². The Morgan fingerprint density at radius 3 is 2.35 bits per heavy atom. The van der Waals surface area contributed by atoms with Crippen LogP contribution >= 0.6 is 11.6 Å². The number of carbonyl (C=O) groups excluding carboxylic acids is 1. The molecule has 1 aliphatic heterocycles. The second kappa shape index (κ2) is 9.89. The molecule has 2 aromatic carbocycles. The summed E-state index contributed by atoms with van der Waals surface area (Å²) in [6, 6.07) is 9.70. The Morgan fingerprint density at radius 1 is 1.03 bits per heavy atom. The van der Waals surface area contributed by atoms with Gasteiger partial charge in [-0.05, 0) is 48.7 Å². The number of nitrogens with zero attached hydrogens (tertiary/aromatic N) is 2. The van der Waals surface area contributed by atoms with E-state index in [1.54, 1.807) is 33.4 Å². The lowest BCUT2D eigenvalue weighted by atomic mass is 10.1. The van der Waals surface area contributed by atoms with E-state index in [0.29, 0.717) is 31.1 Å². The van der Waals surface area contributed by atoms with Crippen LogP contribution in [0.5, 0.6) is 11.5 Å². The molecule has 0 unspecified atom stereocenters. The standard InChI is InChI=1S/C22H27ClN2O5S/c1-24(15-16-7-10-20(29-2)21(13-16)30-3)22(26)18-14-17(8-9-19(18)23)31(27,28)25-11-5-4-6-12-25/h7-10,13-14H,4-6,11-12,15H2,1-3H3. The quantitative estimate of drug-likeness (QED) is 0.620. The van der Waals surface area contributed by atoms with Gasteiger partial charge in [0.1, 0.15) is 0 Å². The zero-order chi connectivity index (χ0) is 22.6. The number of carbonyl (C=O) groups is 1. The maximum absolute atomic E-state index is 13.1. The zero-order valence-electron chi connectivity index (χ0n) is 17.9. The van der Waals surface area contributed by atoms with Crippen LogP contribution in [0.2, 0.25) is 5.02 Å².